The second-order valence-electron chi connectivity index (χ2n) is 8.06. The Morgan fingerprint density at radius 2 is 1.50 bits per heavy atom. The summed E-state index contributed by atoms with van der Waals surface area (Å²) in [5.74, 6) is 0. The molecular formula is C23H44O5. The molecule has 166 valence electrons. The van der Waals surface area contributed by atoms with Crippen molar-refractivity contribution >= 4 is 0 Å². The second-order valence-corrected chi connectivity index (χ2v) is 8.06. The molecular weight excluding hydrogens is 356 g/mol. The standard InChI is InChI=1S/C23H44O5/c1-2-3-4-5-6-7-8-9-10-11-12-13-14-15-16-17-27-21-19-28-23(22(21)26)20(25)18-24/h15-16,20-26H,2-14,17-19H2,1H3/b16-15+/t20-,21+,22-,23-/m0/s1. The zero-order valence-electron chi connectivity index (χ0n) is 17.9. The molecule has 5 heteroatoms. The molecule has 3 N–H and O–H groups in total. The molecule has 0 bridgehead atoms. The fourth-order valence-electron chi connectivity index (χ4n) is 3.67. The molecule has 1 saturated heterocycles. The van der Waals surface area contributed by atoms with Gasteiger partial charge in [0.15, 0.2) is 0 Å². The highest BCUT2D eigenvalue weighted by molar-refractivity contribution is 4.90. The molecule has 1 heterocycles. The van der Waals surface area contributed by atoms with Crippen molar-refractivity contribution < 1.29 is 24.8 Å². The summed E-state index contributed by atoms with van der Waals surface area (Å²) in [7, 11) is 0. The van der Waals surface area contributed by atoms with E-state index in [1.165, 1.54) is 77.0 Å². The van der Waals surface area contributed by atoms with Crippen LogP contribution in [0.5, 0.6) is 0 Å². The van der Waals surface area contributed by atoms with Gasteiger partial charge in [-0.05, 0) is 12.8 Å². The lowest BCUT2D eigenvalue weighted by Crippen LogP contribution is -2.41. The number of unbranched alkanes of at least 4 members (excludes halogenated alkanes) is 12. The Kier molecular flexibility index (Phi) is 15.9. The van der Waals surface area contributed by atoms with Crippen LogP contribution in [-0.4, -0.2) is 59.6 Å². The third-order valence-corrected chi connectivity index (χ3v) is 5.53. The Bertz CT molecular complexity index is 374. The number of hydrogen-bond donors (Lipinski definition) is 3. The van der Waals surface area contributed by atoms with Gasteiger partial charge < -0.3 is 24.8 Å². The molecule has 28 heavy (non-hydrogen) atoms. The van der Waals surface area contributed by atoms with E-state index in [1.54, 1.807) is 0 Å². The van der Waals surface area contributed by atoms with Crippen LogP contribution in [0, 0.1) is 0 Å². The van der Waals surface area contributed by atoms with Gasteiger partial charge in [-0.1, -0.05) is 89.7 Å². The van der Waals surface area contributed by atoms with Gasteiger partial charge in [0.05, 0.1) is 19.8 Å². The van der Waals surface area contributed by atoms with Gasteiger partial charge in [0.1, 0.15) is 24.4 Å². The summed E-state index contributed by atoms with van der Waals surface area (Å²) in [5, 5.41) is 28.5. The van der Waals surface area contributed by atoms with Crippen molar-refractivity contribution in [3.05, 3.63) is 12.2 Å². The van der Waals surface area contributed by atoms with Crippen molar-refractivity contribution in [3.8, 4) is 0 Å². The van der Waals surface area contributed by atoms with Crippen molar-refractivity contribution in [2.45, 2.75) is 115 Å². The molecule has 0 aromatic rings. The maximum absolute atomic E-state index is 10.0. The SMILES string of the molecule is CCCCCCCCCCCCCC/C=C/CO[C@@H]1CO[C@@H]([C@@H](O)CO)[C@H]1O. The molecule has 0 radical (unpaired) electrons. The van der Waals surface area contributed by atoms with Crippen molar-refractivity contribution in [1.82, 2.24) is 0 Å². The van der Waals surface area contributed by atoms with Crippen molar-refractivity contribution in [2.24, 2.45) is 0 Å². The molecule has 1 aliphatic rings. The first kappa shape index (κ1) is 25.6. The number of aliphatic hydroxyl groups is 3. The van der Waals surface area contributed by atoms with Crippen LogP contribution in [0.15, 0.2) is 12.2 Å². The van der Waals surface area contributed by atoms with Crippen molar-refractivity contribution in [2.75, 3.05) is 19.8 Å². The molecule has 4 atom stereocenters. The van der Waals surface area contributed by atoms with E-state index in [4.69, 9.17) is 14.6 Å². The molecule has 0 saturated carbocycles. The lowest BCUT2D eigenvalue weighted by atomic mass is 10.0. The highest BCUT2D eigenvalue weighted by atomic mass is 16.6. The minimum atomic E-state index is -1.06. The third-order valence-electron chi connectivity index (χ3n) is 5.53. The fraction of sp³-hybridized carbons (Fsp3) is 0.913. The molecule has 1 fully saturated rings. The highest BCUT2D eigenvalue weighted by Gasteiger charge is 2.40. The molecule has 1 rings (SSSR count). The number of allylic oxidation sites excluding steroid dienone is 1. The molecule has 5 nitrogen and oxygen atoms in total. The second kappa shape index (κ2) is 17.4. The van der Waals surface area contributed by atoms with Crippen LogP contribution in [-0.2, 0) is 9.47 Å². The van der Waals surface area contributed by atoms with Crippen molar-refractivity contribution in [3.63, 3.8) is 0 Å². The summed E-state index contributed by atoms with van der Waals surface area (Å²) in [5.41, 5.74) is 0. The van der Waals surface area contributed by atoms with E-state index in [0.717, 1.165) is 6.42 Å². The first-order valence-corrected chi connectivity index (χ1v) is 11.6. The Morgan fingerprint density at radius 1 is 0.929 bits per heavy atom. The van der Waals surface area contributed by atoms with E-state index in [0.29, 0.717) is 6.61 Å². The average molecular weight is 401 g/mol. The molecule has 0 spiro atoms. The van der Waals surface area contributed by atoms with E-state index in [2.05, 4.69) is 13.0 Å². The smallest absolute Gasteiger partial charge is 0.114 e. The summed E-state index contributed by atoms with van der Waals surface area (Å²) in [6.45, 7) is 2.52. The number of ether oxygens (including phenoxy) is 2. The van der Waals surface area contributed by atoms with Gasteiger partial charge in [-0.15, -0.1) is 0 Å². The highest BCUT2D eigenvalue weighted by Crippen LogP contribution is 2.20. The van der Waals surface area contributed by atoms with Gasteiger partial charge in [-0.25, -0.2) is 0 Å². The fourth-order valence-corrected chi connectivity index (χ4v) is 3.67. The van der Waals surface area contributed by atoms with Crippen LogP contribution < -0.4 is 0 Å². The van der Waals surface area contributed by atoms with Crippen LogP contribution in [0.25, 0.3) is 0 Å². The maximum atomic E-state index is 10.0. The van der Waals surface area contributed by atoms with Crippen LogP contribution >= 0.6 is 0 Å². The quantitative estimate of drug-likeness (QED) is 0.238. The Hall–Kier alpha value is -0.460. The minimum absolute atomic E-state index is 0.246. The monoisotopic (exact) mass is 400 g/mol. The Labute approximate surface area is 172 Å². The summed E-state index contributed by atoms with van der Waals surface area (Å²) in [6.07, 6.45) is 18.4. The molecule has 0 aromatic heterocycles. The van der Waals surface area contributed by atoms with E-state index in [9.17, 15) is 10.2 Å². The van der Waals surface area contributed by atoms with Gasteiger partial charge in [0.25, 0.3) is 0 Å². The van der Waals surface area contributed by atoms with Crippen molar-refractivity contribution in [1.29, 1.82) is 0 Å². The average Bonchev–Trinajstić information content (AvgIpc) is 3.07. The predicted octanol–water partition coefficient (Wildman–Crippen LogP) is 4.13. The van der Waals surface area contributed by atoms with Crippen LogP contribution in [0.2, 0.25) is 0 Å². The van der Waals surface area contributed by atoms with Gasteiger partial charge >= 0.3 is 0 Å². The Balaban J connectivity index is 1.86. The predicted molar refractivity (Wildman–Crippen MR) is 113 cm³/mol. The maximum Gasteiger partial charge on any atom is 0.114 e. The minimum Gasteiger partial charge on any atom is -0.394 e. The first-order valence-electron chi connectivity index (χ1n) is 11.6. The zero-order valence-corrected chi connectivity index (χ0v) is 17.9. The van der Waals surface area contributed by atoms with Crippen LogP contribution in [0.3, 0.4) is 0 Å². The largest absolute Gasteiger partial charge is 0.394 e. The number of rotatable bonds is 18. The third kappa shape index (κ3) is 11.5. The first-order chi connectivity index (χ1) is 13.7. The molecule has 0 aliphatic carbocycles. The summed E-state index contributed by atoms with van der Waals surface area (Å²) >= 11 is 0. The van der Waals surface area contributed by atoms with Crippen LogP contribution in [0.4, 0.5) is 0 Å². The molecule has 0 unspecified atom stereocenters. The summed E-state index contributed by atoms with van der Waals surface area (Å²) in [4.78, 5) is 0. The van der Waals surface area contributed by atoms with Gasteiger partial charge in [0.2, 0.25) is 0 Å². The number of aliphatic hydroxyl groups excluding tert-OH is 3. The topological polar surface area (TPSA) is 79.2 Å². The van der Waals surface area contributed by atoms with Gasteiger partial charge in [0, 0.05) is 0 Å². The number of hydrogen-bond acceptors (Lipinski definition) is 5. The van der Waals surface area contributed by atoms with Gasteiger partial charge in [-0.2, -0.15) is 0 Å². The summed E-state index contributed by atoms with van der Waals surface area (Å²) < 4.78 is 10.9. The van der Waals surface area contributed by atoms with E-state index >= 15 is 0 Å². The van der Waals surface area contributed by atoms with Crippen LogP contribution in [0.1, 0.15) is 90.4 Å². The lowest BCUT2D eigenvalue weighted by molar-refractivity contribution is -0.0716. The summed E-state index contributed by atoms with van der Waals surface area (Å²) in [6, 6.07) is 0. The zero-order chi connectivity index (χ0) is 20.5. The molecule has 0 amide bonds. The molecule has 0 aromatic carbocycles. The van der Waals surface area contributed by atoms with E-state index in [1.807, 2.05) is 6.08 Å². The van der Waals surface area contributed by atoms with E-state index < -0.39 is 31.0 Å². The van der Waals surface area contributed by atoms with E-state index in [-0.39, 0.29) is 6.61 Å². The Morgan fingerprint density at radius 3 is 2.07 bits per heavy atom. The lowest BCUT2D eigenvalue weighted by Gasteiger charge is -2.20. The normalized spacial score (nSPS) is 23.6. The molecule has 1 aliphatic heterocycles. The van der Waals surface area contributed by atoms with Gasteiger partial charge in [-0.3, -0.25) is 0 Å².